The minimum Gasteiger partial charge on any atom is -0.346 e. The maximum atomic E-state index is 13.9. The highest BCUT2D eigenvalue weighted by molar-refractivity contribution is 9.10. The number of benzene rings is 3. The number of halogens is 1. The zero-order chi connectivity index (χ0) is 21.5. The SMILES string of the molecule is O=C(c1ccc(Br)cc1)[C@@H]1[C@@H](c2ccccc2)[C@H]([N+](=O)[O-])[C@@H]2C=Cc3ccccc3N12. The smallest absolute Gasteiger partial charge is 0.245 e. The van der Waals surface area contributed by atoms with Gasteiger partial charge in [-0.25, -0.2) is 0 Å². The summed E-state index contributed by atoms with van der Waals surface area (Å²) in [7, 11) is 0. The Labute approximate surface area is 188 Å². The third-order valence-corrected chi connectivity index (χ3v) is 6.72. The lowest BCUT2D eigenvalue weighted by Gasteiger charge is -2.34. The number of ketones is 1. The molecule has 0 bridgehead atoms. The molecule has 1 fully saturated rings. The summed E-state index contributed by atoms with van der Waals surface area (Å²) in [4.78, 5) is 27.9. The van der Waals surface area contributed by atoms with Crippen LogP contribution in [-0.2, 0) is 0 Å². The second-order valence-corrected chi connectivity index (χ2v) is 8.76. The number of anilines is 1. The molecule has 2 heterocycles. The van der Waals surface area contributed by atoms with Crippen LogP contribution in [0.4, 0.5) is 5.69 Å². The van der Waals surface area contributed by atoms with Crippen molar-refractivity contribution in [2.24, 2.45) is 0 Å². The molecule has 0 spiro atoms. The van der Waals surface area contributed by atoms with Gasteiger partial charge in [-0.3, -0.25) is 14.9 Å². The van der Waals surface area contributed by atoms with Crippen LogP contribution in [-0.4, -0.2) is 28.8 Å². The van der Waals surface area contributed by atoms with Crippen molar-refractivity contribution in [3.63, 3.8) is 0 Å². The number of carbonyl (C=O) groups excluding carboxylic acids is 1. The maximum Gasteiger partial charge on any atom is 0.245 e. The van der Waals surface area contributed by atoms with Gasteiger partial charge in [0.25, 0.3) is 0 Å². The van der Waals surface area contributed by atoms with E-state index in [1.807, 2.05) is 83.8 Å². The highest BCUT2D eigenvalue weighted by atomic mass is 79.9. The van der Waals surface area contributed by atoms with E-state index in [2.05, 4.69) is 15.9 Å². The van der Waals surface area contributed by atoms with E-state index in [-0.39, 0.29) is 10.7 Å². The largest absolute Gasteiger partial charge is 0.346 e. The van der Waals surface area contributed by atoms with Crippen LogP contribution in [0.15, 0.2) is 89.4 Å². The van der Waals surface area contributed by atoms with Crippen LogP contribution in [0.5, 0.6) is 0 Å². The Balaban J connectivity index is 1.72. The number of Topliss-reactive ketones (excluding diaryl/α,β-unsaturated/α-hetero) is 1. The number of hydrogen-bond donors (Lipinski definition) is 0. The Morgan fingerprint density at radius 3 is 2.32 bits per heavy atom. The van der Waals surface area contributed by atoms with E-state index >= 15 is 0 Å². The third-order valence-electron chi connectivity index (χ3n) is 6.19. The van der Waals surface area contributed by atoms with Gasteiger partial charge in [-0.1, -0.05) is 88.7 Å². The molecule has 4 atom stereocenters. The molecule has 3 aromatic carbocycles. The Kier molecular flexibility index (Phi) is 4.94. The average Bonchev–Trinajstić information content (AvgIpc) is 3.15. The molecule has 0 aliphatic carbocycles. The number of para-hydroxylation sites is 1. The molecule has 5 nitrogen and oxygen atoms in total. The number of carbonyl (C=O) groups is 1. The van der Waals surface area contributed by atoms with Gasteiger partial charge in [-0.05, 0) is 29.3 Å². The molecule has 0 radical (unpaired) electrons. The Bertz CT molecular complexity index is 1180. The fourth-order valence-electron chi connectivity index (χ4n) is 4.89. The maximum absolute atomic E-state index is 13.9. The van der Waals surface area contributed by atoms with Crippen molar-refractivity contribution in [3.8, 4) is 0 Å². The molecule has 154 valence electrons. The van der Waals surface area contributed by atoms with Crippen molar-refractivity contribution in [3.05, 3.63) is 116 Å². The van der Waals surface area contributed by atoms with Crippen molar-refractivity contribution >= 4 is 33.5 Å². The summed E-state index contributed by atoms with van der Waals surface area (Å²) in [6.45, 7) is 0. The summed E-state index contributed by atoms with van der Waals surface area (Å²) >= 11 is 3.41. The summed E-state index contributed by atoms with van der Waals surface area (Å²) in [6.07, 6.45) is 3.81. The summed E-state index contributed by atoms with van der Waals surface area (Å²) in [5.41, 5.74) is 3.17. The molecule has 2 aliphatic rings. The first kappa shape index (κ1) is 19.7. The molecule has 6 heteroatoms. The van der Waals surface area contributed by atoms with Gasteiger partial charge in [-0.2, -0.15) is 0 Å². The van der Waals surface area contributed by atoms with Crippen LogP contribution in [0.25, 0.3) is 6.08 Å². The molecular weight excluding hydrogens is 456 g/mol. The highest BCUT2D eigenvalue weighted by Crippen LogP contribution is 2.46. The van der Waals surface area contributed by atoms with Crippen molar-refractivity contribution in [1.29, 1.82) is 0 Å². The Morgan fingerprint density at radius 2 is 1.61 bits per heavy atom. The second kappa shape index (κ2) is 7.78. The van der Waals surface area contributed by atoms with Gasteiger partial charge in [-0.15, -0.1) is 0 Å². The standard InChI is InChI=1S/C25H19BrN2O3/c26-19-13-10-18(11-14-19)25(29)24-22(17-7-2-1-3-8-17)23(28(30)31)21-15-12-16-6-4-5-9-20(16)27(21)24/h1-15,21-24H/t21-,22-,23+,24-/m0/s1. The van der Waals surface area contributed by atoms with E-state index in [1.165, 1.54) is 0 Å². The van der Waals surface area contributed by atoms with E-state index in [0.29, 0.717) is 5.56 Å². The molecule has 0 N–H and O–H groups in total. The van der Waals surface area contributed by atoms with Gasteiger partial charge in [0.15, 0.2) is 5.78 Å². The number of fused-ring (bicyclic) bond motifs is 3. The van der Waals surface area contributed by atoms with E-state index in [9.17, 15) is 14.9 Å². The molecule has 0 aromatic heterocycles. The fraction of sp³-hybridized carbons (Fsp3) is 0.160. The van der Waals surface area contributed by atoms with Crippen LogP contribution in [0, 0.1) is 10.1 Å². The molecule has 1 saturated heterocycles. The summed E-state index contributed by atoms with van der Waals surface area (Å²) in [5.74, 6) is -0.686. The highest BCUT2D eigenvalue weighted by Gasteiger charge is 2.58. The molecule has 0 saturated carbocycles. The van der Waals surface area contributed by atoms with Crippen molar-refractivity contribution in [2.75, 3.05) is 4.90 Å². The quantitative estimate of drug-likeness (QED) is 0.290. The molecule has 31 heavy (non-hydrogen) atoms. The monoisotopic (exact) mass is 474 g/mol. The third kappa shape index (κ3) is 3.27. The van der Waals surface area contributed by atoms with Crippen molar-refractivity contribution < 1.29 is 9.72 Å². The lowest BCUT2D eigenvalue weighted by atomic mass is 9.84. The molecule has 2 aliphatic heterocycles. The van der Waals surface area contributed by atoms with Gasteiger partial charge >= 0.3 is 0 Å². The molecular formula is C25H19BrN2O3. The van der Waals surface area contributed by atoms with Crippen LogP contribution in [0.2, 0.25) is 0 Å². The normalized spacial score (nSPS) is 23.8. The molecule has 0 unspecified atom stereocenters. The van der Waals surface area contributed by atoms with Crippen LogP contribution < -0.4 is 4.90 Å². The number of rotatable bonds is 4. The van der Waals surface area contributed by atoms with Gasteiger partial charge in [0.2, 0.25) is 6.04 Å². The first-order valence-corrected chi connectivity index (χ1v) is 10.9. The number of nitrogens with zero attached hydrogens (tertiary/aromatic N) is 2. The van der Waals surface area contributed by atoms with E-state index < -0.39 is 24.0 Å². The number of nitro groups is 1. The second-order valence-electron chi connectivity index (χ2n) is 7.84. The van der Waals surface area contributed by atoms with Gasteiger partial charge in [0.05, 0.1) is 5.92 Å². The first-order chi connectivity index (χ1) is 15.1. The predicted molar refractivity (Wildman–Crippen MR) is 124 cm³/mol. The van der Waals surface area contributed by atoms with Gasteiger partial charge in [0, 0.05) is 20.6 Å². The van der Waals surface area contributed by atoms with Crippen molar-refractivity contribution in [1.82, 2.24) is 0 Å². The van der Waals surface area contributed by atoms with Crippen LogP contribution >= 0.6 is 15.9 Å². The molecule has 0 amide bonds. The fourth-order valence-corrected chi connectivity index (χ4v) is 5.15. The summed E-state index contributed by atoms with van der Waals surface area (Å²) in [6, 6.07) is 22.2. The minimum atomic E-state index is -0.934. The van der Waals surface area contributed by atoms with Gasteiger partial charge in [0.1, 0.15) is 12.1 Å². The van der Waals surface area contributed by atoms with E-state index in [0.717, 1.165) is 21.3 Å². The molecule has 3 aromatic rings. The van der Waals surface area contributed by atoms with Crippen LogP contribution in [0.3, 0.4) is 0 Å². The Hall–Kier alpha value is -3.25. The van der Waals surface area contributed by atoms with Crippen LogP contribution in [0.1, 0.15) is 27.4 Å². The van der Waals surface area contributed by atoms with E-state index in [4.69, 9.17) is 0 Å². The summed E-state index contributed by atoms with van der Waals surface area (Å²) < 4.78 is 0.877. The first-order valence-electron chi connectivity index (χ1n) is 10.1. The lowest BCUT2D eigenvalue weighted by molar-refractivity contribution is -0.524. The van der Waals surface area contributed by atoms with Gasteiger partial charge < -0.3 is 4.90 Å². The van der Waals surface area contributed by atoms with Crippen molar-refractivity contribution in [2.45, 2.75) is 24.0 Å². The minimum absolute atomic E-state index is 0.110. The predicted octanol–water partition coefficient (Wildman–Crippen LogP) is 5.35. The topological polar surface area (TPSA) is 63.4 Å². The summed E-state index contributed by atoms with van der Waals surface area (Å²) in [5, 5.41) is 12.3. The molecule has 5 rings (SSSR count). The zero-order valence-corrected chi connectivity index (χ0v) is 18.1. The zero-order valence-electron chi connectivity index (χ0n) is 16.5. The van der Waals surface area contributed by atoms with E-state index in [1.54, 1.807) is 12.1 Å². The average molecular weight is 475 g/mol. The Morgan fingerprint density at radius 1 is 0.935 bits per heavy atom. The number of hydrogen-bond acceptors (Lipinski definition) is 4. The lowest BCUT2D eigenvalue weighted by Crippen LogP contribution is -2.44.